The van der Waals surface area contributed by atoms with Crippen molar-refractivity contribution in [3.8, 4) is 5.75 Å². The number of nitrogens with zero attached hydrogens (tertiary/aromatic N) is 1. The van der Waals surface area contributed by atoms with Crippen molar-refractivity contribution in [1.29, 1.82) is 0 Å². The van der Waals surface area contributed by atoms with Crippen molar-refractivity contribution in [2.45, 2.75) is 25.9 Å². The number of hydrogen-bond acceptors (Lipinski definition) is 4. The quantitative estimate of drug-likeness (QED) is 0.617. The van der Waals surface area contributed by atoms with E-state index in [1.54, 1.807) is 44.3 Å². The van der Waals surface area contributed by atoms with Gasteiger partial charge >= 0.3 is 0 Å². The van der Waals surface area contributed by atoms with Crippen molar-refractivity contribution >= 4 is 28.8 Å². The van der Waals surface area contributed by atoms with Gasteiger partial charge in [-0.3, -0.25) is 9.59 Å². The molecule has 1 N–H and O–H groups in total. The van der Waals surface area contributed by atoms with Crippen molar-refractivity contribution in [3.05, 3.63) is 59.0 Å². The Morgan fingerprint density at radius 3 is 2.73 bits per heavy atom. The molecule has 1 aromatic heterocycles. The summed E-state index contributed by atoms with van der Waals surface area (Å²) < 4.78 is 27.8. The van der Waals surface area contributed by atoms with E-state index in [0.717, 1.165) is 19.4 Å². The van der Waals surface area contributed by atoms with E-state index in [1.807, 2.05) is 0 Å². The highest BCUT2D eigenvalue weighted by Crippen LogP contribution is 2.30. The number of aldehydes is 1. The highest BCUT2D eigenvalue weighted by molar-refractivity contribution is 6.05. The summed E-state index contributed by atoms with van der Waals surface area (Å²) in [5, 5.41) is 3.25. The lowest BCUT2D eigenvalue weighted by Gasteiger charge is -2.12. The van der Waals surface area contributed by atoms with Gasteiger partial charge < -0.3 is 19.4 Å². The van der Waals surface area contributed by atoms with E-state index < -0.39 is 11.7 Å². The molecule has 0 radical (unpaired) electrons. The molecule has 6 nitrogen and oxygen atoms in total. The molecule has 7 heteroatoms. The van der Waals surface area contributed by atoms with Crippen molar-refractivity contribution in [2.24, 2.45) is 7.05 Å². The van der Waals surface area contributed by atoms with E-state index in [-0.39, 0.29) is 17.3 Å². The lowest BCUT2D eigenvalue weighted by atomic mass is 10.1. The summed E-state index contributed by atoms with van der Waals surface area (Å²) in [4.78, 5) is 23.9. The third kappa shape index (κ3) is 3.68. The topological polar surface area (TPSA) is 69.6 Å². The number of hydrogen-bond donors (Lipinski definition) is 1. The number of carbonyl (C=O) groups excluding carboxylic acids is 2. The third-order valence-electron chi connectivity index (χ3n) is 5.54. The summed E-state index contributed by atoms with van der Waals surface area (Å²) >= 11 is 0. The molecule has 1 saturated heterocycles. The molecule has 4 rings (SSSR count). The molecule has 2 aromatic carbocycles. The molecule has 0 unspecified atom stereocenters. The number of aryl methyl sites for hydroxylation is 2. The number of amides is 1. The van der Waals surface area contributed by atoms with Gasteiger partial charge in [-0.1, -0.05) is 6.07 Å². The van der Waals surface area contributed by atoms with Gasteiger partial charge in [-0.05, 0) is 55.7 Å². The fourth-order valence-corrected chi connectivity index (χ4v) is 3.83. The highest BCUT2D eigenvalue weighted by atomic mass is 19.1. The number of aromatic nitrogens is 1. The molecule has 0 bridgehead atoms. The Kier molecular flexibility index (Phi) is 5.55. The second kappa shape index (κ2) is 8.28. The maximum absolute atomic E-state index is 15.1. The van der Waals surface area contributed by atoms with Gasteiger partial charge in [0.25, 0.3) is 5.91 Å². The number of anilines is 1. The number of carbonyl (C=O) groups is 2. The minimum atomic E-state index is -0.573. The predicted octanol–water partition coefficient (Wildman–Crippen LogP) is 4.25. The number of fused-ring (bicyclic) bond motifs is 1. The van der Waals surface area contributed by atoms with Crippen LogP contribution in [-0.2, 0) is 11.8 Å². The number of benzene rings is 2. The third-order valence-corrected chi connectivity index (χ3v) is 5.54. The molecule has 1 aliphatic rings. The first kappa shape index (κ1) is 20.1. The Bertz CT molecular complexity index is 1100. The second-order valence-corrected chi connectivity index (χ2v) is 7.43. The zero-order chi connectivity index (χ0) is 21.3. The van der Waals surface area contributed by atoms with E-state index in [4.69, 9.17) is 9.47 Å². The summed E-state index contributed by atoms with van der Waals surface area (Å²) in [6.45, 7) is 3.02. The summed E-state index contributed by atoms with van der Waals surface area (Å²) in [6.07, 6.45) is 2.86. The molecule has 1 amide bonds. The first-order valence-electron chi connectivity index (χ1n) is 9.88. The maximum atomic E-state index is 15.1. The van der Waals surface area contributed by atoms with E-state index in [9.17, 15) is 9.59 Å². The van der Waals surface area contributed by atoms with E-state index in [0.29, 0.717) is 40.8 Å². The largest absolute Gasteiger partial charge is 0.491 e. The van der Waals surface area contributed by atoms with Gasteiger partial charge in [0, 0.05) is 24.6 Å². The van der Waals surface area contributed by atoms with Crippen molar-refractivity contribution in [2.75, 3.05) is 18.5 Å². The van der Waals surface area contributed by atoms with Crippen LogP contribution in [0.5, 0.6) is 5.75 Å². The Balaban J connectivity index is 1.49. The van der Waals surface area contributed by atoms with Gasteiger partial charge in [0.05, 0.1) is 23.0 Å². The fourth-order valence-electron chi connectivity index (χ4n) is 3.83. The van der Waals surface area contributed by atoms with Crippen LogP contribution in [0.3, 0.4) is 0 Å². The molecular weight excluding hydrogens is 387 g/mol. The minimum Gasteiger partial charge on any atom is -0.491 e. The number of rotatable bonds is 6. The summed E-state index contributed by atoms with van der Waals surface area (Å²) in [5.74, 6) is -0.355. The molecule has 0 spiro atoms. The minimum absolute atomic E-state index is 0.0595. The average Bonchev–Trinajstić information content (AvgIpc) is 3.35. The first-order chi connectivity index (χ1) is 14.5. The van der Waals surface area contributed by atoms with Gasteiger partial charge in [-0.15, -0.1) is 0 Å². The monoisotopic (exact) mass is 410 g/mol. The smallest absolute Gasteiger partial charge is 0.255 e. The van der Waals surface area contributed by atoms with Crippen molar-refractivity contribution in [1.82, 2.24) is 4.57 Å². The SMILES string of the molecule is Cc1c(C=O)n(C)c2c(F)c(NC(=O)c3ccc(OC[C@@H]4CCCO4)cc3)ccc12. The van der Waals surface area contributed by atoms with Crippen LogP contribution in [0, 0.1) is 12.7 Å². The van der Waals surface area contributed by atoms with E-state index in [2.05, 4.69) is 5.32 Å². The van der Waals surface area contributed by atoms with Crippen molar-refractivity contribution < 1.29 is 23.5 Å². The molecule has 1 atom stereocenters. The molecule has 0 aliphatic carbocycles. The van der Waals surface area contributed by atoms with Crippen LogP contribution in [-0.4, -0.2) is 36.1 Å². The standard InChI is InChI=1S/C23H23FN2O4/c1-14-18-9-10-19(21(24)22(18)26(2)20(14)12-27)25-23(28)15-5-7-16(8-6-15)30-13-17-4-3-11-29-17/h5-10,12,17H,3-4,11,13H2,1-2H3,(H,25,28)/t17-/m0/s1. The van der Waals surface area contributed by atoms with Crippen LogP contribution in [0.4, 0.5) is 10.1 Å². The molecular formula is C23H23FN2O4. The molecule has 156 valence electrons. The van der Waals surface area contributed by atoms with Crippen LogP contribution in [0.15, 0.2) is 36.4 Å². The van der Waals surface area contributed by atoms with E-state index >= 15 is 4.39 Å². The molecule has 3 aromatic rings. The van der Waals surface area contributed by atoms with E-state index in [1.165, 1.54) is 10.6 Å². The van der Waals surface area contributed by atoms with Gasteiger partial charge in [0.15, 0.2) is 12.1 Å². The van der Waals surface area contributed by atoms with Crippen LogP contribution in [0.25, 0.3) is 10.9 Å². The Morgan fingerprint density at radius 2 is 2.07 bits per heavy atom. The lowest BCUT2D eigenvalue weighted by Crippen LogP contribution is -2.16. The average molecular weight is 410 g/mol. The Morgan fingerprint density at radius 1 is 1.30 bits per heavy atom. The summed E-state index contributed by atoms with van der Waals surface area (Å²) in [5.41, 5.74) is 1.84. The molecule has 2 heterocycles. The first-order valence-corrected chi connectivity index (χ1v) is 9.88. The molecule has 1 aliphatic heterocycles. The van der Waals surface area contributed by atoms with Crippen LogP contribution < -0.4 is 10.1 Å². The maximum Gasteiger partial charge on any atom is 0.255 e. The van der Waals surface area contributed by atoms with Crippen LogP contribution in [0.2, 0.25) is 0 Å². The zero-order valence-corrected chi connectivity index (χ0v) is 16.9. The molecule has 30 heavy (non-hydrogen) atoms. The van der Waals surface area contributed by atoms with Crippen LogP contribution in [0.1, 0.15) is 39.3 Å². The molecule has 0 saturated carbocycles. The van der Waals surface area contributed by atoms with Gasteiger partial charge in [0.2, 0.25) is 0 Å². The normalized spacial score (nSPS) is 16.0. The number of ether oxygens (including phenoxy) is 2. The summed E-state index contributed by atoms with van der Waals surface area (Å²) in [7, 11) is 1.63. The summed E-state index contributed by atoms with van der Waals surface area (Å²) in [6, 6.07) is 9.90. The second-order valence-electron chi connectivity index (χ2n) is 7.43. The molecule has 1 fully saturated rings. The van der Waals surface area contributed by atoms with Gasteiger partial charge in [-0.2, -0.15) is 0 Å². The Labute approximate surface area is 173 Å². The van der Waals surface area contributed by atoms with Gasteiger partial charge in [0.1, 0.15) is 12.4 Å². The highest BCUT2D eigenvalue weighted by Gasteiger charge is 2.19. The number of nitrogens with one attached hydrogen (secondary N) is 1. The lowest BCUT2D eigenvalue weighted by molar-refractivity contribution is 0.0679. The van der Waals surface area contributed by atoms with Crippen LogP contribution >= 0.6 is 0 Å². The number of halogens is 1. The van der Waals surface area contributed by atoms with Gasteiger partial charge in [-0.25, -0.2) is 4.39 Å². The zero-order valence-electron chi connectivity index (χ0n) is 16.9. The predicted molar refractivity (Wildman–Crippen MR) is 112 cm³/mol. The fraction of sp³-hybridized carbons (Fsp3) is 0.304. The van der Waals surface area contributed by atoms with Crippen molar-refractivity contribution in [3.63, 3.8) is 0 Å². The Hall–Kier alpha value is -3.19.